The van der Waals surface area contributed by atoms with Gasteiger partial charge < -0.3 is 25.5 Å². The fourth-order valence-corrected chi connectivity index (χ4v) is 2.80. The molecule has 0 unspecified atom stereocenters. The number of ether oxygens (including phenoxy) is 1. The lowest BCUT2D eigenvalue weighted by molar-refractivity contribution is -0.126. The quantitative estimate of drug-likeness (QED) is 0.719. The molecule has 4 N–H and O–H groups in total. The van der Waals surface area contributed by atoms with E-state index in [1.54, 1.807) is 6.92 Å². The second kappa shape index (κ2) is 8.98. The number of anilines is 2. The van der Waals surface area contributed by atoms with Crippen molar-refractivity contribution in [2.45, 2.75) is 32.0 Å². The molecule has 146 valence electrons. The normalized spacial score (nSPS) is 18.6. The number of benzene rings is 1. The molecule has 2 aromatic rings. The lowest BCUT2D eigenvalue weighted by atomic mass is 10.2. The molecular weight excluding hydrogens is 377 g/mol. The number of nitrogens with two attached hydrogens (primary N) is 1. The van der Waals surface area contributed by atoms with E-state index < -0.39 is 17.8 Å². The number of nitrogens with one attached hydrogen (secondary N) is 2. The van der Waals surface area contributed by atoms with E-state index in [9.17, 15) is 14.0 Å². The zero-order chi connectivity index (χ0) is 18.7. The van der Waals surface area contributed by atoms with Crippen molar-refractivity contribution in [1.29, 1.82) is 0 Å². The first-order chi connectivity index (χ1) is 12.5. The van der Waals surface area contributed by atoms with Crippen LogP contribution >= 0.6 is 12.4 Å². The molecule has 27 heavy (non-hydrogen) atoms. The summed E-state index contributed by atoms with van der Waals surface area (Å²) in [4.78, 5) is 24.5. The lowest BCUT2D eigenvalue weighted by Crippen LogP contribution is -2.29. The van der Waals surface area contributed by atoms with Gasteiger partial charge in [-0.2, -0.15) is 0 Å². The van der Waals surface area contributed by atoms with Crippen LogP contribution in [-0.4, -0.2) is 30.6 Å². The van der Waals surface area contributed by atoms with Crippen LogP contribution in [0.3, 0.4) is 0 Å². The van der Waals surface area contributed by atoms with Gasteiger partial charge in [0.05, 0.1) is 23.6 Å². The highest BCUT2D eigenvalue weighted by atomic mass is 35.5. The Labute approximate surface area is 161 Å². The van der Waals surface area contributed by atoms with Crippen LogP contribution in [0.25, 0.3) is 0 Å². The van der Waals surface area contributed by atoms with Crippen molar-refractivity contribution in [1.82, 2.24) is 0 Å². The Morgan fingerprint density at radius 2 is 2.04 bits per heavy atom. The van der Waals surface area contributed by atoms with Gasteiger partial charge in [0.15, 0.2) is 0 Å². The van der Waals surface area contributed by atoms with Crippen LogP contribution in [0.15, 0.2) is 34.9 Å². The van der Waals surface area contributed by atoms with Crippen LogP contribution in [0.1, 0.15) is 29.0 Å². The van der Waals surface area contributed by atoms with Crippen LogP contribution in [0, 0.1) is 12.7 Å². The van der Waals surface area contributed by atoms with Crippen molar-refractivity contribution < 1.29 is 23.1 Å². The van der Waals surface area contributed by atoms with E-state index in [4.69, 9.17) is 14.9 Å². The van der Waals surface area contributed by atoms with Gasteiger partial charge in [-0.3, -0.25) is 9.59 Å². The molecule has 7 nitrogen and oxygen atoms in total. The molecular formula is C18H21ClFN3O4. The zero-order valence-electron chi connectivity index (χ0n) is 14.7. The van der Waals surface area contributed by atoms with Crippen LogP contribution in [-0.2, 0) is 9.53 Å². The van der Waals surface area contributed by atoms with Gasteiger partial charge >= 0.3 is 0 Å². The van der Waals surface area contributed by atoms with E-state index in [0.29, 0.717) is 30.0 Å². The van der Waals surface area contributed by atoms with Crippen molar-refractivity contribution in [3.8, 4) is 0 Å². The predicted molar refractivity (Wildman–Crippen MR) is 101 cm³/mol. The smallest absolute Gasteiger partial charge is 0.259 e. The summed E-state index contributed by atoms with van der Waals surface area (Å²) in [5.41, 5.74) is 6.16. The molecule has 2 heterocycles. The fraction of sp³-hybridized carbons (Fsp3) is 0.333. The molecule has 3 rings (SSSR count). The Morgan fingerprint density at radius 3 is 2.67 bits per heavy atom. The van der Waals surface area contributed by atoms with Crippen molar-refractivity contribution in [2.24, 2.45) is 5.73 Å². The molecule has 1 fully saturated rings. The maximum absolute atomic E-state index is 14.0. The summed E-state index contributed by atoms with van der Waals surface area (Å²) in [5.74, 6) is -1.00. The summed E-state index contributed by atoms with van der Waals surface area (Å²) in [6.07, 6.45) is 1.99. The number of hydrogen-bond donors (Lipinski definition) is 3. The first-order valence-corrected chi connectivity index (χ1v) is 8.29. The van der Waals surface area contributed by atoms with Crippen LogP contribution < -0.4 is 16.4 Å². The van der Waals surface area contributed by atoms with Gasteiger partial charge in [-0.1, -0.05) is 0 Å². The average molecular weight is 398 g/mol. The SMILES string of the molecule is Cc1occc1C(=O)Nc1cc(NC(=O)[C@@H]2CC[C@H](CN)O2)ccc1F.Cl. The molecule has 1 aromatic heterocycles. The largest absolute Gasteiger partial charge is 0.469 e. The molecule has 0 aliphatic carbocycles. The third-order valence-electron chi connectivity index (χ3n) is 4.25. The van der Waals surface area contributed by atoms with Crippen LogP contribution in [0.2, 0.25) is 0 Å². The second-order valence-corrected chi connectivity index (χ2v) is 6.09. The Balaban J connectivity index is 0.00000261. The number of amides is 2. The summed E-state index contributed by atoms with van der Waals surface area (Å²) in [6.45, 7) is 2.00. The minimum absolute atomic E-state index is 0. The summed E-state index contributed by atoms with van der Waals surface area (Å²) in [6, 6.07) is 5.45. The van der Waals surface area contributed by atoms with Gasteiger partial charge in [0.1, 0.15) is 17.7 Å². The van der Waals surface area contributed by atoms with E-state index in [2.05, 4.69) is 10.6 Å². The van der Waals surface area contributed by atoms with E-state index in [-0.39, 0.29) is 30.1 Å². The summed E-state index contributed by atoms with van der Waals surface area (Å²) in [7, 11) is 0. The average Bonchev–Trinajstić information content (AvgIpc) is 3.26. The number of aryl methyl sites for hydroxylation is 1. The highest BCUT2D eigenvalue weighted by Gasteiger charge is 2.30. The standard InChI is InChI=1S/C18H20FN3O4.ClH/c1-10-13(6-7-25-10)17(23)22-15-8-11(2-4-14(15)19)21-18(24)16-5-3-12(9-20)26-16;/h2,4,6-8,12,16H,3,5,9,20H2,1H3,(H,21,24)(H,22,23);1H/t12-,16+;/m1./s1. The third kappa shape index (κ3) is 4.85. The van der Waals surface area contributed by atoms with Crippen LogP contribution in [0.5, 0.6) is 0 Å². The summed E-state index contributed by atoms with van der Waals surface area (Å²) in [5, 5.41) is 5.15. The Bertz CT molecular complexity index is 827. The Hall–Kier alpha value is -2.42. The minimum Gasteiger partial charge on any atom is -0.469 e. The molecule has 1 aliphatic rings. The van der Waals surface area contributed by atoms with Gasteiger partial charge in [0, 0.05) is 12.2 Å². The topological polar surface area (TPSA) is 107 Å². The monoisotopic (exact) mass is 397 g/mol. The van der Waals surface area contributed by atoms with Crippen molar-refractivity contribution >= 4 is 35.6 Å². The van der Waals surface area contributed by atoms with E-state index in [0.717, 1.165) is 6.42 Å². The molecule has 1 aromatic carbocycles. The maximum atomic E-state index is 14.0. The van der Waals surface area contributed by atoms with Gasteiger partial charge in [-0.05, 0) is 44.0 Å². The third-order valence-corrected chi connectivity index (χ3v) is 4.25. The van der Waals surface area contributed by atoms with Crippen molar-refractivity contribution in [3.05, 3.63) is 47.7 Å². The summed E-state index contributed by atoms with van der Waals surface area (Å²) >= 11 is 0. The van der Waals surface area contributed by atoms with E-state index in [1.165, 1.54) is 30.5 Å². The number of hydrogen-bond acceptors (Lipinski definition) is 5. The highest BCUT2D eigenvalue weighted by molar-refractivity contribution is 6.05. The number of carbonyl (C=O) groups excluding carboxylic acids is 2. The van der Waals surface area contributed by atoms with Crippen LogP contribution in [0.4, 0.5) is 15.8 Å². The fourth-order valence-electron chi connectivity index (χ4n) is 2.80. The lowest BCUT2D eigenvalue weighted by Gasteiger charge is -2.14. The number of carbonyl (C=O) groups is 2. The molecule has 2 amide bonds. The molecule has 1 saturated heterocycles. The Morgan fingerprint density at radius 1 is 1.26 bits per heavy atom. The van der Waals surface area contributed by atoms with E-state index in [1.807, 2.05) is 0 Å². The molecule has 9 heteroatoms. The molecule has 0 saturated carbocycles. The minimum atomic E-state index is -0.613. The van der Waals surface area contributed by atoms with Crippen molar-refractivity contribution in [3.63, 3.8) is 0 Å². The number of furan rings is 1. The summed E-state index contributed by atoms with van der Waals surface area (Å²) < 4.78 is 24.6. The zero-order valence-corrected chi connectivity index (χ0v) is 15.5. The first-order valence-electron chi connectivity index (χ1n) is 8.29. The first kappa shape index (κ1) is 20.9. The maximum Gasteiger partial charge on any atom is 0.259 e. The second-order valence-electron chi connectivity index (χ2n) is 6.09. The molecule has 2 atom stereocenters. The van der Waals surface area contributed by atoms with Gasteiger partial charge in [-0.15, -0.1) is 12.4 Å². The number of halogens is 2. The Kier molecular flexibility index (Phi) is 6.95. The van der Waals surface area contributed by atoms with Gasteiger partial charge in [-0.25, -0.2) is 4.39 Å². The van der Waals surface area contributed by atoms with Gasteiger partial charge in [0.25, 0.3) is 11.8 Å². The molecule has 0 spiro atoms. The van der Waals surface area contributed by atoms with Crippen molar-refractivity contribution in [2.75, 3.05) is 17.2 Å². The molecule has 0 bridgehead atoms. The van der Waals surface area contributed by atoms with Gasteiger partial charge in [0.2, 0.25) is 0 Å². The molecule has 1 aliphatic heterocycles. The van der Waals surface area contributed by atoms with E-state index >= 15 is 0 Å². The number of rotatable bonds is 5. The predicted octanol–water partition coefficient (Wildman–Crippen LogP) is 2.85. The molecule has 0 radical (unpaired) electrons. The highest BCUT2D eigenvalue weighted by Crippen LogP contribution is 2.24.